The summed E-state index contributed by atoms with van der Waals surface area (Å²) in [6.07, 6.45) is 1.26. The van der Waals surface area contributed by atoms with Crippen LogP contribution in [0.25, 0.3) is 0 Å². The fraction of sp³-hybridized carbons (Fsp3) is 0.571. The second-order valence-electron chi connectivity index (χ2n) is 2.35. The van der Waals surface area contributed by atoms with Crippen LogP contribution in [0.1, 0.15) is 19.8 Å². The maximum atomic E-state index is 10.6. The van der Waals surface area contributed by atoms with E-state index in [1.54, 1.807) is 6.92 Å². The van der Waals surface area contributed by atoms with Crippen molar-refractivity contribution in [2.45, 2.75) is 25.2 Å². The Hall–Kier alpha value is 0.120. The Kier molecular flexibility index (Phi) is 8.77. The number of carbonyl (C=O) groups is 1. The van der Waals surface area contributed by atoms with E-state index in [-0.39, 0.29) is 36.0 Å². The number of esters is 1. The van der Waals surface area contributed by atoms with Gasteiger partial charge in [-0.3, -0.25) is 0 Å². The average Bonchev–Trinajstić information content (AvgIpc) is 2.01. The topological polar surface area (TPSA) is 83.5 Å². The van der Waals surface area contributed by atoms with Gasteiger partial charge in [0.25, 0.3) is 0 Å². The monoisotopic (exact) mass is 230 g/mol. The quantitative estimate of drug-likeness (QED) is 0.224. The van der Waals surface area contributed by atoms with Crippen molar-refractivity contribution >= 4 is 16.1 Å². The smallest absolute Gasteiger partial charge is 0.745 e. The summed E-state index contributed by atoms with van der Waals surface area (Å²) in [5.41, 5.74) is -1.59. The van der Waals surface area contributed by atoms with Crippen molar-refractivity contribution in [3.63, 3.8) is 0 Å². The molecule has 5 nitrogen and oxygen atoms in total. The van der Waals surface area contributed by atoms with Crippen molar-refractivity contribution < 1.29 is 52.1 Å². The first-order valence-corrected chi connectivity index (χ1v) is 5.16. The van der Waals surface area contributed by atoms with Crippen LogP contribution in [0.15, 0.2) is 12.7 Å². The summed E-state index contributed by atoms with van der Waals surface area (Å²) in [6.45, 7) is 4.76. The standard InChI is InChI=1S/C7H12O5S.Na/c1-3-5-7(13(9,10)11)12-6(8)4-2;/h4,7H,2-3,5H2,1H3,(H,9,10,11);/q;+1/p-1. The Bertz CT molecular complexity index is 284. The second-order valence-corrected chi connectivity index (χ2v) is 3.86. The van der Waals surface area contributed by atoms with Crippen LogP contribution in [-0.4, -0.2) is 24.4 Å². The van der Waals surface area contributed by atoms with Gasteiger partial charge in [0.2, 0.25) is 0 Å². The molecule has 0 aromatic heterocycles. The predicted molar refractivity (Wildman–Crippen MR) is 44.7 cm³/mol. The summed E-state index contributed by atoms with van der Waals surface area (Å²) in [6, 6.07) is 0. The molecule has 0 aliphatic heterocycles. The Morgan fingerprint density at radius 3 is 2.43 bits per heavy atom. The SMILES string of the molecule is C=CC(=O)OC(CCC)S(=O)(=O)[O-].[Na+]. The van der Waals surface area contributed by atoms with Crippen LogP contribution in [0.5, 0.6) is 0 Å². The van der Waals surface area contributed by atoms with Gasteiger partial charge in [-0.15, -0.1) is 0 Å². The zero-order valence-corrected chi connectivity index (χ0v) is 11.0. The van der Waals surface area contributed by atoms with Crippen LogP contribution in [0.3, 0.4) is 0 Å². The molecule has 0 fully saturated rings. The van der Waals surface area contributed by atoms with Gasteiger partial charge >= 0.3 is 35.5 Å². The second kappa shape index (κ2) is 7.42. The fourth-order valence-electron chi connectivity index (χ4n) is 0.676. The van der Waals surface area contributed by atoms with Gasteiger partial charge in [-0.2, -0.15) is 0 Å². The molecule has 0 rings (SSSR count). The molecule has 1 unspecified atom stereocenters. The third-order valence-corrected chi connectivity index (χ3v) is 2.24. The molecule has 0 heterocycles. The molecular weight excluding hydrogens is 219 g/mol. The van der Waals surface area contributed by atoms with Crippen molar-refractivity contribution in [2.75, 3.05) is 0 Å². The van der Waals surface area contributed by atoms with Gasteiger partial charge in [0.1, 0.15) is 10.1 Å². The van der Waals surface area contributed by atoms with Crippen LogP contribution in [0.2, 0.25) is 0 Å². The number of carbonyl (C=O) groups excluding carboxylic acids is 1. The van der Waals surface area contributed by atoms with E-state index in [9.17, 15) is 17.8 Å². The summed E-state index contributed by atoms with van der Waals surface area (Å²) in [7, 11) is -4.57. The molecule has 0 N–H and O–H groups in total. The molecule has 0 saturated heterocycles. The largest absolute Gasteiger partial charge is 1.00 e. The summed E-state index contributed by atoms with van der Waals surface area (Å²) >= 11 is 0. The van der Waals surface area contributed by atoms with Gasteiger partial charge in [0.15, 0.2) is 5.44 Å². The first-order valence-electron chi connectivity index (χ1n) is 3.69. The van der Waals surface area contributed by atoms with E-state index in [4.69, 9.17) is 0 Å². The minimum absolute atomic E-state index is 0. The molecule has 0 saturated carbocycles. The summed E-state index contributed by atoms with van der Waals surface area (Å²) in [4.78, 5) is 10.6. The molecule has 7 heteroatoms. The first kappa shape index (κ1) is 16.5. The third kappa shape index (κ3) is 6.56. The Morgan fingerprint density at radius 2 is 2.14 bits per heavy atom. The number of ether oxygens (including phenoxy) is 1. The molecule has 0 bridgehead atoms. The minimum Gasteiger partial charge on any atom is -0.745 e. The van der Waals surface area contributed by atoms with Crippen LogP contribution in [0, 0.1) is 0 Å². The van der Waals surface area contributed by atoms with E-state index in [1.165, 1.54) is 0 Å². The van der Waals surface area contributed by atoms with Crippen LogP contribution < -0.4 is 29.6 Å². The molecule has 0 radical (unpaired) electrons. The molecule has 0 aliphatic rings. The Labute approximate surface area is 106 Å². The zero-order chi connectivity index (χ0) is 10.5. The minimum atomic E-state index is -4.57. The van der Waals surface area contributed by atoms with Crippen LogP contribution in [-0.2, 0) is 19.6 Å². The molecule has 1 atom stereocenters. The van der Waals surface area contributed by atoms with E-state index in [0.29, 0.717) is 6.42 Å². The van der Waals surface area contributed by atoms with E-state index >= 15 is 0 Å². The summed E-state index contributed by atoms with van der Waals surface area (Å²) < 4.78 is 35.9. The van der Waals surface area contributed by atoms with Gasteiger partial charge in [0.05, 0.1) is 0 Å². The van der Waals surface area contributed by atoms with Gasteiger partial charge in [-0.1, -0.05) is 19.9 Å². The number of hydrogen-bond donors (Lipinski definition) is 0. The Balaban J connectivity index is 0. The normalized spacial score (nSPS) is 12.4. The average molecular weight is 230 g/mol. The first-order chi connectivity index (χ1) is 5.91. The van der Waals surface area contributed by atoms with Crippen molar-refractivity contribution in [2.24, 2.45) is 0 Å². The van der Waals surface area contributed by atoms with Gasteiger partial charge in [-0.05, 0) is 6.42 Å². The van der Waals surface area contributed by atoms with Gasteiger partial charge in [-0.25, -0.2) is 13.2 Å². The Morgan fingerprint density at radius 1 is 1.64 bits per heavy atom. The molecule has 76 valence electrons. The van der Waals surface area contributed by atoms with Gasteiger partial charge in [0, 0.05) is 6.08 Å². The maximum Gasteiger partial charge on any atom is 1.00 e. The van der Waals surface area contributed by atoms with Crippen LogP contribution >= 0.6 is 0 Å². The van der Waals surface area contributed by atoms with E-state index in [1.807, 2.05) is 0 Å². The zero-order valence-electron chi connectivity index (χ0n) is 8.23. The van der Waals surface area contributed by atoms with Crippen molar-refractivity contribution in [3.05, 3.63) is 12.7 Å². The van der Waals surface area contributed by atoms with Crippen molar-refractivity contribution in [3.8, 4) is 0 Å². The summed E-state index contributed by atoms with van der Waals surface area (Å²) in [5, 5.41) is 0. The summed E-state index contributed by atoms with van der Waals surface area (Å²) in [5.74, 6) is -0.905. The maximum absolute atomic E-state index is 10.6. The van der Waals surface area contributed by atoms with Crippen molar-refractivity contribution in [1.29, 1.82) is 0 Å². The third-order valence-electron chi connectivity index (χ3n) is 1.26. The molecular formula is C7H11NaO5S. The fourth-order valence-corrected chi connectivity index (χ4v) is 1.41. The predicted octanol–water partition coefficient (Wildman–Crippen LogP) is -2.61. The molecule has 0 aromatic rings. The molecule has 0 amide bonds. The molecule has 14 heavy (non-hydrogen) atoms. The number of rotatable bonds is 5. The van der Waals surface area contributed by atoms with Crippen LogP contribution in [0.4, 0.5) is 0 Å². The van der Waals surface area contributed by atoms with Crippen molar-refractivity contribution in [1.82, 2.24) is 0 Å². The molecule has 0 aromatic carbocycles. The number of hydrogen-bond acceptors (Lipinski definition) is 5. The van der Waals surface area contributed by atoms with E-state index in [0.717, 1.165) is 6.08 Å². The van der Waals surface area contributed by atoms with Gasteiger partial charge < -0.3 is 9.29 Å². The van der Waals surface area contributed by atoms with E-state index in [2.05, 4.69) is 11.3 Å². The molecule has 0 spiro atoms. The van der Waals surface area contributed by atoms with E-state index < -0.39 is 21.5 Å². The molecule has 0 aliphatic carbocycles.